The average molecular weight is 318 g/mol. The quantitative estimate of drug-likeness (QED) is 0.850. The number of thiazole rings is 1. The lowest BCUT2D eigenvalue weighted by molar-refractivity contribution is -0.137. The highest BCUT2D eigenvalue weighted by molar-refractivity contribution is 7.13. The zero-order valence-electron chi connectivity index (χ0n) is 11.7. The normalized spacial score (nSPS) is 15.7. The van der Waals surface area contributed by atoms with Crippen LogP contribution >= 0.6 is 11.3 Å². The molecule has 1 N–H and O–H groups in total. The second-order valence-electron chi connectivity index (χ2n) is 5.05. The van der Waals surface area contributed by atoms with Gasteiger partial charge in [0.15, 0.2) is 5.01 Å². The highest BCUT2D eigenvalue weighted by atomic mass is 32.1. The van der Waals surface area contributed by atoms with Crippen molar-refractivity contribution in [1.29, 1.82) is 0 Å². The molecule has 116 valence electrons. The maximum atomic E-state index is 12.5. The second kappa shape index (κ2) is 6.60. The van der Waals surface area contributed by atoms with Crippen molar-refractivity contribution in [2.75, 3.05) is 6.54 Å². The number of alkyl halides is 3. The zero-order chi connectivity index (χ0) is 15.5. The third-order valence-electron chi connectivity index (χ3n) is 3.36. The van der Waals surface area contributed by atoms with E-state index in [1.165, 1.54) is 25.3 Å². The van der Waals surface area contributed by atoms with Crippen LogP contribution in [0.25, 0.3) is 0 Å². The van der Waals surface area contributed by atoms with E-state index in [-0.39, 0.29) is 10.6 Å². The van der Waals surface area contributed by atoms with Crippen LogP contribution in [-0.4, -0.2) is 17.4 Å². The first kappa shape index (κ1) is 16.0. The van der Waals surface area contributed by atoms with Crippen molar-refractivity contribution >= 4 is 17.2 Å². The van der Waals surface area contributed by atoms with Gasteiger partial charge in [-0.05, 0) is 39.0 Å². The molecule has 0 atom stereocenters. The van der Waals surface area contributed by atoms with Gasteiger partial charge in [-0.25, -0.2) is 4.98 Å². The molecule has 2 rings (SSSR count). The van der Waals surface area contributed by atoms with Crippen molar-refractivity contribution in [2.45, 2.75) is 45.2 Å². The fraction of sp³-hybridized carbons (Fsp3) is 0.571. The Labute approximate surface area is 125 Å². The Bertz CT molecular complexity index is 549. The van der Waals surface area contributed by atoms with E-state index in [0.29, 0.717) is 17.9 Å². The number of nitrogens with zero attached hydrogens (tertiary/aromatic N) is 1. The summed E-state index contributed by atoms with van der Waals surface area (Å²) in [6.45, 7) is 1.87. The molecule has 0 aliphatic heterocycles. The third-order valence-corrected chi connectivity index (χ3v) is 4.56. The predicted molar refractivity (Wildman–Crippen MR) is 75.4 cm³/mol. The van der Waals surface area contributed by atoms with Crippen molar-refractivity contribution in [3.8, 4) is 0 Å². The monoisotopic (exact) mass is 318 g/mol. The van der Waals surface area contributed by atoms with Crippen LogP contribution in [0, 0.1) is 6.92 Å². The summed E-state index contributed by atoms with van der Waals surface area (Å²) >= 11 is 0.398. The molecule has 0 bridgehead atoms. The van der Waals surface area contributed by atoms with Crippen LogP contribution in [0.3, 0.4) is 0 Å². The first-order valence-corrected chi connectivity index (χ1v) is 7.70. The number of rotatable bonds is 4. The van der Waals surface area contributed by atoms with Gasteiger partial charge in [0.1, 0.15) is 4.88 Å². The standard InChI is InChI=1S/C14H17F3N2OS/c1-9-11(21-13(19-9)14(15,16)17)12(20)18-8-7-10-5-3-2-4-6-10/h5H,2-4,6-8H2,1H3,(H,18,20). The Morgan fingerprint density at radius 3 is 2.76 bits per heavy atom. The van der Waals surface area contributed by atoms with Crippen LogP contribution in [0.15, 0.2) is 11.6 Å². The van der Waals surface area contributed by atoms with Crippen LogP contribution in [-0.2, 0) is 6.18 Å². The van der Waals surface area contributed by atoms with Gasteiger partial charge in [-0.15, -0.1) is 11.3 Å². The van der Waals surface area contributed by atoms with Crippen molar-refractivity contribution in [3.05, 3.63) is 27.2 Å². The molecule has 1 amide bonds. The number of hydrogen-bond donors (Lipinski definition) is 1. The highest BCUT2D eigenvalue weighted by Gasteiger charge is 2.36. The van der Waals surface area contributed by atoms with Gasteiger partial charge >= 0.3 is 6.18 Å². The number of hydrogen-bond acceptors (Lipinski definition) is 3. The molecule has 0 unspecified atom stereocenters. The van der Waals surface area contributed by atoms with E-state index in [1.807, 2.05) is 0 Å². The van der Waals surface area contributed by atoms with E-state index in [0.717, 1.165) is 19.3 Å². The van der Waals surface area contributed by atoms with E-state index < -0.39 is 17.1 Å². The number of amides is 1. The average Bonchev–Trinajstić information content (AvgIpc) is 2.82. The molecule has 0 spiro atoms. The van der Waals surface area contributed by atoms with Crippen molar-refractivity contribution < 1.29 is 18.0 Å². The molecule has 1 aliphatic rings. The number of carbonyl (C=O) groups excluding carboxylic acids is 1. The van der Waals surface area contributed by atoms with E-state index in [9.17, 15) is 18.0 Å². The Balaban J connectivity index is 1.91. The molecule has 1 heterocycles. The summed E-state index contributed by atoms with van der Waals surface area (Å²) in [6.07, 6.45) is 2.95. The number of carbonyl (C=O) groups is 1. The van der Waals surface area contributed by atoms with Crippen LogP contribution in [0.1, 0.15) is 52.5 Å². The molecule has 0 saturated heterocycles. The molecule has 0 saturated carbocycles. The lowest BCUT2D eigenvalue weighted by atomic mass is 9.97. The molecule has 0 radical (unpaired) electrons. The van der Waals surface area contributed by atoms with Gasteiger partial charge in [0.25, 0.3) is 5.91 Å². The lowest BCUT2D eigenvalue weighted by Gasteiger charge is -2.12. The van der Waals surface area contributed by atoms with Crippen LogP contribution in [0.5, 0.6) is 0 Å². The van der Waals surface area contributed by atoms with E-state index in [2.05, 4.69) is 16.4 Å². The fourth-order valence-corrected chi connectivity index (χ4v) is 3.13. The van der Waals surface area contributed by atoms with Crippen molar-refractivity contribution in [1.82, 2.24) is 10.3 Å². The SMILES string of the molecule is Cc1nc(C(F)(F)F)sc1C(=O)NCCC1=CCCCC1. The summed E-state index contributed by atoms with van der Waals surface area (Å²) in [4.78, 5) is 15.4. The minimum atomic E-state index is -4.50. The Kier molecular flexibility index (Phi) is 5.03. The van der Waals surface area contributed by atoms with Gasteiger partial charge in [-0.1, -0.05) is 11.6 Å². The minimum absolute atomic E-state index is 0.0416. The zero-order valence-corrected chi connectivity index (χ0v) is 12.5. The van der Waals surface area contributed by atoms with E-state index in [1.54, 1.807) is 0 Å². The fourth-order valence-electron chi connectivity index (χ4n) is 2.28. The number of halogens is 3. The first-order chi connectivity index (χ1) is 9.88. The summed E-state index contributed by atoms with van der Waals surface area (Å²) < 4.78 is 37.6. The predicted octanol–water partition coefficient (Wildman–Crippen LogP) is 4.09. The summed E-state index contributed by atoms with van der Waals surface area (Å²) in [5.74, 6) is -0.475. The number of allylic oxidation sites excluding steroid dienone is 1. The third kappa shape index (κ3) is 4.30. The molecule has 0 fully saturated rings. The topological polar surface area (TPSA) is 42.0 Å². The highest BCUT2D eigenvalue weighted by Crippen LogP contribution is 2.34. The number of aromatic nitrogens is 1. The Morgan fingerprint density at radius 2 is 2.19 bits per heavy atom. The summed E-state index contributed by atoms with van der Waals surface area (Å²) in [5, 5.41) is 1.70. The Morgan fingerprint density at radius 1 is 1.43 bits per heavy atom. The minimum Gasteiger partial charge on any atom is -0.351 e. The first-order valence-electron chi connectivity index (χ1n) is 6.88. The lowest BCUT2D eigenvalue weighted by Crippen LogP contribution is -2.24. The molecule has 1 aromatic rings. The van der Waals surface area contributed by atoms with Gasteiger partial charge < -0.3 is 5.32 Å². The van der Waals surface area contributed by atoms with Gasteiger partial charge in [-0.2, -0.15) is 13.2 Å². The van der Waals surface area contributed by atoms with Crippen LogP contribution in [0.2, 0.25) is 0 Å². The summed E-state index contributed by atoms with van der Waals surface area (Å²) in [5.41, 5.74) is 1.44. The van der Waals surface area contributed by atoms with Gasteiger partial charge in [0, 0.05) is 6.54 Å². The molecule has 3 nitrogen and oxygen atoms in total. The maximum Gasteiger partial charge on any atom is 0.443 e. The van der Waals surface area contributed by atoms with Crippen LogP contribution < -0.4 is 5.32 Å². The molecule has 1 aliphatic carbocycles. The van der Waals surface area contributed by atoms with Crippen molar-refractivity contribution in [3.63, 3.8) is 0 Å². The van der Waals surface area contributed by atoms with Gasteiger partial charge in [0.2, 0.25) is 0 Å². The smallest absolute Gasteiger partial charge is 0.351 e. The second-order valence-corrected chi connectivity index (χ2v) is 6.04. The molecular formula is C14H17F3N2OS. The molecule has 1 aromatic heterocycles. The molecule has 7 heteroatoms. The van der Waals surface area contributed by atoms with Crippen molar-refractivity contribution in [2.24, 2.45) is 0 Å². The van der Waals surface area contributed by atoms with Gasteiger partial charge in [0.05, 0.1) is 5.69 Å². The van der Waals surface area contributed by atoms with E-state index >= 15 is 0 Å². The largest absolute Gasteiger partial charge is 0.443 e. The van der Waals surface area contributed by atoms with E-state index in [4.69, 9.17) is 0 Å². The van der Waals surface area contributed by atoms with Crippen LogP contribution in [0.4, 0.5) is 13.2 Å². The number of nitrogens with one attached hydrogen (secondary N) is 1. The maximum absolute atomic E-state index is 12.5. The molecule has 21 heavy (non-hydrogen) atoms. The summed E-state index contributed by atoms with van der Waals surface area (Å²) in [6, 6.07) is 0. The Hall–Kier alpha value is -1.37. The number of aryl methyl sites for hydroxylation is 1. The molecular weight excluding hydrogens is 301 g/mol. The van der Waals surface area contributed by atoms with Gasteiger partial charge in [-0.3, -0.25) is 4.79 Å². The summed E-state index contributed by atoms with van der Waals surface area (Å²) in [7, 11) is 0. The molecule has 0 aromatic carbocycles.